The summed E-state index contributed by atoms with van der Waals surface area (Å²) in [6.07, 6.45) is 3.31. The Balaban J connectivity index is 2.68. The molecule has 1 aromatic heterocycles. The third-order valence-corrected chi connectivity index (χ3v) is 2.80. The lowest BCUT2D eigenvalue weighted by atomic mass is 10.1. The highest BCUT2D eigenvalue weighted by atomic mass is 16.4. The van der Waals surface area contributed by atoms with Gasteiger partial charge in [-0.15, -0.1) is 0 Å². The van der Waals surface area contributed by atoms with Crippen molar-refractivity contribution in [3.8, 4) is 0 Å². The fraction of sp³-hybridized carbons (Fsp3) is 0.538. The van der Waals surface area contributed by atoms with E-state index in [4.69, 9.17) is 5.11 Å². The van der Waals surface area contributed by atoms with Crippen LogP contribution in [0, 0.1) is 0 Å². The number of carboxylic acids is 1. The van der Waals surface area contributed by atoms with Crippen molar-refractivity contribution in [1.82, 2.24) is 9.88 Å². The molecule has 5 heteroatoms. The highest BCUT2D eigenvalue weighted by Gasteiger charge is 2.17. The second kappa shape index (κ2) is 6.83. The molecule has 0 aliphatic rings. The first kappa shape index (κ1) is 14.3. The predicted octanol–water partition coefficient (Wildman–Crippen LogP) is 1.88. The van der Waals surface area contributed by atoms with Crippen molar-refractivity contribution < 1.29 is 14.7 Å². The number of rotatable bonds is 7. The number of amides is 1. The van der Waals surface area contributed by atoms with E-state index in [9.17, 15) is 9.59 Å². The number of hydrogen-bond donors (Lipinski definition) is 2. The topological polar surface area (TPSA) is 71.3 Å². The van der Waals surface area contributed by atoms with Crippen LogP contribution in [-0.4, -0.2) is 27.6 Å². The maximum absolute atomic E-state index is 12.0. The van der Waals surface area contributed by atoms with Gasteiger partial charge < -0.3 is 15.0 Å². The van der Waals surface area contributed by atoms with Crippen LogP contribution in [0.25, 0.3) is 0 Å². The predicted molar refractivity (Wildman–Crippen MR) is 68.5 cm³/mol. The Labute approximate surface area is 107 Å². The van der Waals surface area contributed by atoms with E-state index in [-0.39, 0.29) is 18.4 Å². The molecule has 0 aromatic carbocycles. The van der Waals surface area contributed by atoms with Gasteiger partial charge in [0.25, 0.3) is 5.91 Å². The fourth-order valence-corrected chi connectivity index (χ4v) is 1.94. The molecule has 1 rings (SSSR count). The summed E-state index contributed by atoms with van der Waals surface area (Å²) in [5, 5.41) is 11.6. The third kappa shape index (κ3) is 3.91. The van der Waals surface area contributed by atoms with Crippen LogP contribution < -0.4 is 5.32 Å². The van der Waals surface area contributed by atoms with E-state index in [0.29, 0.717) is 18.7 Å². The molecule has 1 heterocycles. The van der Waals surface area contributed by atoms with Gasteiger partial charge in [-0.25, -0.2) is 0 Å². The molecule has 100 valence electrons. The number of aromatic nitrogens is 1. The van der Waals surface area contributed by atoms with Gasteiger partial charge in [0.1, 0.15) is 5.69 Å². The zero-order chi connectivity index (χ0) is 13.5. The zero-order valence-electron chi connectivity index (χ0n) is 10.8. The molecule has 0 spiro atoms. The number of nitrogens with zero attached hydrogens (tertiary/aromatic N) is 1. The summed E-state index contributed by atoms with van der Waals surface area (Å²) in [6.45, 7) is 4.64. The van der Waals surface area contributed by atoms with Crippen LogP contribution in [0.4, 0.5) is 0 Å². The average molecular weight is 252 g/mol. The molecule has 5 nitrogen and oxygen atoms in total. The minimum atomic E-state index is -0.889. The van der Waals surface area contributed by atoms with E-state index < -0.39 is 5.97 Å². The highest BCUT2D eigenvalue weighted by molar-refractivity contribution is 5.93. The summed E-state index contributed by atoms with van der Waals surface area (Å²) in [7, 11) is 0. The smallest absolute Gasteiger partial charge is 0.305 e. The van der Waals surface area contributed by atoms with E-state index in [1.54, 1.807) is 6.07 Å². The van der Waals surface area contributed by atoms with Gasteiger partial charge in [0.2, 0.25) is 0 Å². The van der Waals surface area contributed by atoms with Gasteiger partial charge in [0, 0.05) is 18.8 Å². The maximum Gasteiger partial charge on any atom is 0.305 e. The van der Waals surface area contributed by atoms with Crippen LogP contribution in [-0.2, 0) is 11.3 Å². The lowest BCUT2D eigenvalue weighted by Gasteiger charge is -2.16. The SMILES string of the molecule is CCCC(CC(=O)O)NC(=O)c1cccn1CC. The van der Waals surface area contributed by atoms with E-state index in [1.165, 1.54) is 0 Å². The van der Waals surface area contributed by atoms with E-state index in [1.807, 2.05) is 30.7 Å². The maximum atomic E-state index is 12.0. The first-order valence-corrected chi connectivity index (χ1v) is 6.26. The van der Waals surface area contributed by atoms with Gasteiger partial charge in [-0.05, 0) is 25.5 Å². The summed E-state index contributed by atoms with van der Waals surface area (Å²) in [6, 6.07) is 3.24. The summed E-state index contributed by atoms with van der Waals surface area (Å²) in [4.78, 5) is 22.7. The standard InChI is InChI=1S/C13H20N2O3/c1-3-6-10(9-12(16)17)14-13(18)11-7-5-8-15(11)4-2/h5,7-8,10H,3-4,6,9H2,1-2H3,(H,14,18)(H,16,17). The molecule has 0 saturated carbocycles. The molecule has 0 aliphatic carbocycles. The summed E-state index contributed by atoms with van der Waals surface area (Å²) < 4.78 is 1.83. The summed E-state index contributed by atoms with van der Waals surface area (Å²) in [5.41, 5.74) is 0.573. The highest BCUT2D eigenvalue weighted by Crippen LogP contribution is 2.06. The second-order valence-corrected chi connectivity index (χ2v) is 4.24. The minimum absolute atomic E-state index is 0.0353. The monoisotopic (exact) mass is 252 g/mol. The van der Waals surface area contributed by atoms with Gasteiger partial charge in [-0.3, -0.25) is 9.59 Å². The van der Waals surface area contributed by atoms with E-state index in [0.717, 1.165) is 6.42 Å². The van der Waals surface area contributed by atoms with Crippen LogP contribution in [0.15, 0.2) is 18.3 Å². The molecule has 1 unspecified atom stereocenters. The Morgan fingerprint density at radius 3 is 2.72 bits per heavy atom. The number of nitrogens with one attached hydrogen (secondary N) is 1. The second-order valence-electron chi connectivity index (χ2n) is 4.24. The third-order valence-electron chi connectivity index (χ3n) is 2.80. The van der Waals surface area contributed by atoms with Gasteiger partial charge in [-0.2, -0.15) is 0 Å². The molecule has 0 saturated heterocycles. The number of carbonyl (C=O) groups excluding carboxylic acids is 1. The number of aliphatic carboxylic acids is 1. The molecule has 0 fully saturated rings. The molecule has 0 radical (unpaired) electrons. The molecule has 18 heavy (non-hydrogen) atoms. The lowest BCUT2D eigenvalue weighted by molar-refractivity contribution is -0.137. The molecule has 1 atom stereocenters. The van der Waals surface area contributed by atoms with Gasteiger partial charge >= 0.3 is 5.97 Å². The normalized spacial score (nSPS) is 12.1. The zero-order valence-corrected chi connectivity index (χ0v) is 10.8. The number of hydrogen-bond acceptors (Lipinski definition) is 2. The van der Waals surface area contributed by atoms with Crippen molar-refractivity contribution >= 4 is 11.9 Å². The molecule has 0 aliphatic heterocycles. The summed E-state index contributed by atoms with van der Waals surface area (Å²) in [5.74, 6) is -1.10. The van der Waals surface area contributed by atoms with Crippen LogP contribution in [0.1, 0.15) is 43.6 Å². The Morgan fingerprint density at radius 2 is 2.17 bits per heavy atom. The first-order valence-electron chi connectivity index (χ1n) is 6.26. The number of carbonyl (C=O) groups is 2. The van der Waals surface area contributed by atoms with Crippen molar-refractivity contribution in [1.29, 1.82) is 0 Å². The van der Waals surface area contributed by atoms with Crippen molar-refractivity contribution in [3.63, 3.8) is 0 Å². The van der Waals surface area contributed by atoms with Gasteiger partial charge in [0.15, 0.2) is 0 Å². The molecular weight excluding hydrogens is 232 g/mol. The minimum Gasteiger partial charge on any atom is -0.481 e. The van der Waals surface area contributed by atoms with E-state index in [2.05, 4.69) is 5.32 Å². The molecular formula is C13H20N2O3. The Morgan fingerprint density at radius 1 is 1.44 bits per heavy atom. The van der Waals surface area contributed by atoms with Gasteiger partial charge in [-0.1, -0.05) is 13.3 Å². The van der Waals surface area contributed by atoms with Gasteiger partial charge in [0.05, 0.1) is 6.42 Å². The Hall–Kier alpha value is -1.78. The first-order chi connectivity index (χ1) is 8.58. The molecule has 1 amide bonds. The van der Waals surface area contributed by atoms with E-state index >= 15 is 0 Å². The van der Waals surface area contributed by atoms with Crippen molar-refractivity contribution in [2.24, 2.45) is 0 Å². The lowest BCUT2D eigenvalue weighted by Crippen LogP contribution is -2.37. The van der Waals surface area contributed by atoms with Crippen molar-refractivity contribution in [2.75, 3.05) is 0 Å². The van der Waals surface area contributed by atoms with Crippen LogP contribution in [0.2, 0.25) is 0 Å². The Kier molecular flexibility index (Phi) is 5.42. The quantitative estimate of drug-likeness (QED) is 0.778. The molecule has 0 bridgehead atoms. The number of aryl methyl sites for hydroxylation is 1. The average Bonchev–Trinajstić information content (AvgIpc) is 2.76. The summed E-state index contributed by atoms with van der Waals surface area (Å²) >= 11 is 0. The van der Waals surface area contributed by atoms with Crippen LogP contribution in [0.3, 0.4) is 0 Å². The fourth-order valence-electron chi connectivity index (χ4n) is 1.94. The van der Waals surface area contributed by atoms with Crippen LogP contribution >= 0.6 is 0 Å². The number of carboxylic acid groups (broad SMARTS) is 1. The Bertz CT molecular complexity index is 412. The molecule has 2 N–H and O–H groups in total. The largest absolute Gasteiger partial charge is 0.481 e. The molecule has 1 aromatic rings. The van der Waals surface area contributed by atoms with Crippen molar-refractivity contribution in [2.45, 2.75) is 45.7 Å². The van der Waals surface area contributed by atoms with Crippen molar-refractivity contribution in [3.05, 3.63) is 24.0 Å². The van der Waals surface area contributed by atoms with Crippen LogP contribution in [0.5, 0.6) is 0 Å².